The van der Waals surface area contributed by atoms with Crippen molar-refractivity contribution >= 4 is 17.5 Å². The molecule has 2 fully saturated rings. The Kier molecular flexibility index (Phi) is 3.64. The molecule has 2 aliphatic heterocycles. The van der Waals surface area contributed by atoms with Crippen molar-refractivity contribution in [2.45, 2.75) is 24.7 Å². The highest BCUT2D eigenvalue weighted by molar-refractivity contribution is 6.09. The molecule has 5 nitrogen and oxygen atoms in total. The van der Waals surface area contributed by atoms with Crippen molar-refractivity contribution < 1.29 is 9.59 Å². The van der Waals surface area contributed by atoms with E-state index in [-0.39, 0.29) is 11.8 Å². The third-order valence-electron chi connectivity index (χ3n) is 5.58. The number of fused-ring (bicyclic) bond motifs is 2. The van der Waals surface area contributed by atoms with Gasteiger partial charge < -0.3 is 14.7 Å². The number of carbonyl (C=O) groups excluding carboxylic acids is 2. The first kappa shape index (κ1) is 15.6. The monoisotopic (exact) mass is 327 g/mol. The van der Waals surface area contributed by atoms with Crippen LogP contribution in [0.2, 0.25) is 0 Å². The zero-order chi connectivity index (χ0) is 16.9. The molecule has 1 aromatic carbocycles. The Morgan fingerprint density at radius 1 is 1.29 bits per heavy atom. The molecule has 24 heavy (non-hydrogen) atoms. The van der Waals surface area contributed by atoms with Crippen LogP contribution in [0.1, 0.15) is 24.8 Å². The minimum absolute atomic E-state index is 0.114. The number of likely N-dealkylation sites (N-methyl/N-ethyl adjacent to an activating group) is 1. The quantitative estimate of drug-likeness (QED) is 0.841. The maximum absolute atomic E-state index is 13.3. The van der Waals surface area contributed by atoms with E-state index >= 15 is 0 Å². The molecule has 0 aromatic heterocycles. The summed E-state index contributed by atoms with van der Waals surface area (Å²) in [5.41, 5.74) is 1.67. The van der Waals surface area contributed by atoms with Crippen LogP contribution >= 0.6 is 0 Å². The molecule has 128 valence electrons. The summed E-state index contributed by atoms with van der Waals surface area (Å²) in [5.74, 6) is 0.976. The topological polar surface area (TPSA) is 43.9 Å². The second-order valence-electron chi connectivity index (χ2n) is 7.76. The van der Waals surface area contributed by atoms with Gasteiger partial charge in [0.05, 0.1) is 12.0 Å². The van der Waals surface area contributed by atoms with Gasteiger partial charge in [0.15, 0.2) is 0 Å². The van der Waals surface area contributed by atoms with Crippen LogP contribution in [0.25, 0.3) is 0 Å². The third kappa shape index (κ3) is 2.42. The second kappa shape index (κ2) is 5.59. The first-order valence-corrected chi connectivity index (χ1v) is 8.85. The molecular formula is C19H25N3O2. The largest absolute Gasteiger partial charge is 0.340 e. The second-order valence-corrected chi connectivity index (χ2v) is 7.76. The summed E-state index contributed by atoms with van der Waals surface area (Å²) in [6, 6.07) is 8.17. The van der Waals surface area contributed by atoms with E-state index < -0.39 is 5.41 Å². The molecule has 3 aliphatic rings. The standard InChI is InChI=1S/C19H25N3O2/c1-20(2)12-17(23)21-10-9-19(13-21)15-5-3-4-6-16(15)22(18(19)24)11-14-7-8-14/h3-6,14H,7-13H2,1-2H3/t19-/m1/s1. The van der Waals surface area contributed by atoms with Crippen LogP contribution in [0.3, 0.4) is 0 Å². The summed E-state index contributed by atoms with van der Waals surface area (Å²) in [5, 5.41) is 0. The average Bonchev–Trinajstić information content (AvgIpc) is 3.21. The lowest BCUT2D eigenvalue weighted by atomic mass is 9.81. The van der Waals surface area contributed by atoms with Crippen LogP contribution in [-0.4, -0.2) is 61.9 Å². The number of rotatable bonds is 4. The zero-order valence-electron chi connectivity index (χ0n) is 14.5. The highest BCUT2D eigenvalue weighted by atomic mass is 16.2. The van der Waals surface area contributed by atoms with E-state index in [2.05, 4.69) is 12.1 Å². The lowest BCUT2D eigenvalue weighted by molar-refractivity contribution is -0.131. The van der Waals surface area contributed by atoms with Gasteiger partial charge in [0.1, 0.15) is 0 Å². The molecule has 4 rings (SSSR count). The zero-order valence-corrected chi connectivity index (χ0v) is 14.5. The lowest BCUT2D eigenvalue weighted by Crippen LogP contribution is -2.45. The van der Waals surface area contributed by atoms with Gasteiger partial charge in [-0.2, -0.15) is 0 Å². The number of hydrogen-bond donors (Lipinski definition) is 0. The number of likely N-dealkylation sites (tertiary alicyclic amines) is 1. The fourth-order valence-corrected chi connectivity index (χ4v) is 4.12. The van der Waals surface area contributed by atoms with Crippen molar-refractivity contribution in [3.8, 4) is 0 Å². The molecule has 1 aromatic rings. The highest BCUT2D eigenvalue weighted by Gasteiger charge is 2.55. The maximum atomic E-state index is 13.3. The van der Waals surface area contributed by atoms with Gasteiger partial charge in [-0.25, -0.2) is 0 Å². The average molecular weight is 327 g/mol. The van der Waals surface area contributed by atoms with Gasteiger partial charge in [0.25, 0.3) is 0 Å². The normalized spacial score (nSPS) is 25.9. The molecule has 1 aliphatic carbocycles. The van der Waals surface area contributed by atoms with Gasteiger partial charge >= 0.3 is 0 Å². The van der Waals surface area contributed by atoms with Gasteiger partial charge in [-0.05, 0) is 50.9 Å². The number of hydrogen-bond acceptors (Lipinski definition) is 3. The van der Waals surface area contributed by atoms with Crippen LogP contribution in [0.5, 0.6) is 0 Å². The highest BCUT2D eigenvalue weighted by Crippen LogP contribution is 2.48. The van der Waals surface area contributed by atoms with Gasteiger partial charge in [-0.1, -0.05) is 18.2 Å². The van der Waals surface area contributed by atoms with Crippen molar-refractivity contribution in [3.05, 3.63) is 29.8 Å². The molecule has 2 amide bonds. The van der Waals surface area contributed by atoms with Gasteiger partial charge in [0.2, 0.25) is 11.8 Å². The summed E-state index contributed by atoms with van der Waals surface area (Å²) in [4.78, 5) is 31.5. The van der Waals surface area contributed by atoms with Crippen LogP contribution in [0.4, 0.5) is 5.69 Å². The van der Waals surface area contributed by atoms with Crippen molar-refractivity contribution in [1.29, 1.82) is 0 Å². The Hall–Kier alpha value is -1.88. The Labute approximate surface area is 143 Å². The van der Waals surface area contributed by atoms with E-state index in [0.29, 0.717) is 25.6 Å². The molecule has 1 atom stereocenters. The molecular weight excluding hydrogens is 302 g/mol. The Balaban J connectivity index is 1.63. The number of anilines is 1. The molecule has 1 saturated carbocycles. The molecule has 0 unspecified atom stereocenters. The predicted octanol–water partition coefficient (Wildman–Crippen LogP) is 1.47. The van der Waals surface area contributed by atoms with Gasteiger partial charge in [0, 0.05) is 25.3 Å². The summed E-state index contributed by atoms with van der Waals surface area (Å²) < 4.78 is 0. The number of amides is 2. The summed E-state index contributed by atoms with van der Waals surface area (Å²) in [6.45, 7) is 2.43. The number of benzene rings is 1. The molecule has 2 heterocycles. The van der Waals surface area contributed by atoms with Gasteiger partial charge in [-0.3, -0.25) is 9.59 Å². The fourth-order valence-electron chi connectivity index (χ4n) is 4.12. The van der Waals surface area contributed by atoms with Crippen molar-refractivity contribution in [1.82, 2.24) is 9.80 Å². The lowest BCUT2D eigenvalue weighted by Gasteiger charge is -2.25. The van der Waals surface area contributed by atoms with E-state index in [9.17, 15) is 9.59 Å². The number of para-hydroxylation sites is 1. The van der Waals surface area contributed by atoms with Gasteiger partial charge in [-0.15, -0.1) is 0 Å². The van der Waals surface area contributed by atoms with Crippen LogP contribution in [0, 0.1) is 5.92 Å². The third-order valence-corrected chi connectivity index (χ3v) is 5.58. The molecule has 5 heteroatoms. The minimum Gasteiger partial charge on any atom is -0.340 e. The number of nitrogens with zero attached hydrogens (tertiary/aromatic N) is 3. The Morgan fingerprint density at radius 2 is 2.04 bits per heavy atom. The summed E-state index contributed by atoms with van der Waals surface area (Å²) >= 11 is 0. The maximum Gasteiger partial charge on any atom is 0.239 e. The SMILES string of the molecule is CN(C)CC(=O)N1CC[C@]2(C1)C(=O)N(CC1CC1)c1ccccc12. The fraction of sp³-hybridized carbons (Fsp3) is 0.579. The van der Waals surface area contributed by atoms with Crippen LogP contribution < -0.4 is 4.90 Å². The van der Waals surface area contributed by atoms with E-state index in [4.69, 9.17) is 0 Å². The van der Waals surface area contributed by atoms with Crippen LogP contribution in [-0.2, 0) is 15.0 Å². The van der Waals surface area contributed by atoms with Crippen molar-refractivity contribution in [2.75, 3.05) is 45.2 Å². The van der Waals surface area contributed by atoms with Crippen molar-refractivity contribution in [2.24, 2.45) is 5.92 Å². The van der Waals surface area contributed by atoms with Crippen LogP contribution in [0.15, 0.2) is 24.3 Å². The molecule has 0 N–H and O–H groups in total. The van der Waals surface area contributed by atoms with E-state index in [0.717, 1.165) is 24.2 Å². The Morgan fingerprint density at radius 3 is 2.75 bits per heavy atom. The summed E-state index contributed by atoms with van der Waals surface area (Å²) in [6.07, 6.45) is 3.20. The molecule has 0 radical (unpaired) electrons. The predicted molar refractivity (Wildman–Crippen MR) is 92.9 cm³/mol. The van der Waals surface area contributed by atoms with E-state index in [1.54, 1.807) is 0 Å². The molecule has 0 bridgehead atoms. The smallest absolute Gasteiger partial charge is 0.239 e. The first-order valence-electron chi connectivity index (χ1n) is 8.85. The molecule has 1 saturated heterocycles. The summed E-state index contributed by atoms with van der Waals surface area (Å²) in [7, 11) is 3.80. The Bertz CT molecular complexity index is 683. The first-order chi connectivity index (χ1) is 11.5. The molecule has 1 spiro atoms. The van der Waals surface area contributed by atoms with E-state index in [1.807, 2.05) is 40.9 Å². The minimum atomic E-state index is -0.520. The van der Waals surface area contributed by atoms with E-state index in [1.165, 1.54) is 12.8 Å². The number of carbonyl (C=O) groups is 2. The van der Waals surface area contributed by atoms with Crippen molar-refractivity contribution in [3.63, 3.8) is 0 Å².